The summed E-state index contributed by atoms with van der Waals surface area (Å²) in [7, 11) is 0. The molecule has 4 unspecified atom stereocenters. The van der Waals surface area contributed by atoms with Gasteiger partial charge in [-0.15, -0.1) is 0 Å². The standard InChI is InChI=1S/C31H45FO3/c1-3-5-8-22-11-13-23(14-12-22)24-15-17-27-25(20-24)9-7-10-28(27)31(33)35-26-16-18-30(29(32)21-26)34-19-6-4-2/h4,6,16,18,21-25,27-28H,3,5,7-15,17,19-20H2,1-2H3/b6-4+. The number of halogens is 1. The van der Waals surface area contributed by atoms with Gasteiger partial charge in [-0.2, -0.15) is 0 Å². The quantitative estimate of drug-likeness (QED) is 0.200. The first kappa shape index (κ1) is 26.2. The maximum Gasteiger partial charge on any atom is 0.314 e. The molecule has 0 spiro atoms. The van der Waals surface area contributed by atoms with Crippen LogP contribution in [0.1, 0.15) is 97.3 Å². The molecule has 3 aliphatic carbocycles. The third-order valence-electron chi connectivity index (χ3n) is 9.21. The second-order valence-corrected chi connectivity index (χ2v) is 11.4. The lowest BCUT2D eigenvalue weighted by Crippen LogP contribution is -2.40. The number of allylic oxidation sites excluding steroid dienone is 1. The molecular weight excluding hydrogens is 439 g/mol. The summed E-state index contributed by atoms with van der Waals surface area (Å²) in [6, 6.07) is 4.46. The summed E-state index contributed by atoms with van der Waals surface area (Å²) >= 11 is 0. The minimum atomic E-state index is -0.494. The van der Waals surface area contributed by atoms with Gasteiger partial charge in [0, 0.05) is 6.07 Å². The normalized spacial score (nSPS) is 31.2. The van der Waals surface area contributed by atoms with Crippen molar-refractivity contribution in [2.75, 3.05) is 6.61 Å². The third kappa shape index (κ3) is 6.89. The number of hydrogen-bond donors (Lipinski definition) is 0. The monoisotopic (exact) mass is 484 g/mol. The number of fused-ring (bicyclic) bond motifs is 1. The molecule has 4 rings (SSSR count). The third-order valence-corrected chi connectivity index (χ3v) is 9.21. The zero-order valence-electron chi connectivity index (χ0n) is 21.9. The molecule has 0 aliphatic heterocycles. The Morgan fingerprint density at radius 2 is 1.83 bits per heavy atom. The van der Waals surface area contributed by atoms with Crippen molar-refractivity contribution in [3.8, 4) is 11.5 Å². The number of carbonyl (C=O) groups excluding carboxylic acids is 1. The number of unbranched alkanes of at least 4 members (excludes halogenated alkanes) is 1. The van der Waals surface area contributed by atoms with E-state index in [1.54, 1.807) is 12.1 Å². The molecule has 1 aromatic rings. The molecule has 1 aromatic carbocycles. The van der Waals surface area contributed by atoms with Crippen molar-refractivity contribution in [2.45, 2.75) is 97.3 Å². The van der Waals surface area contributed by atoms with Gasteiger partial charge >= 0.3 is 5.97 Å². The Morgan fingerprint density at radius 1 is 1.03 bits per heavy atom. The molecule has 3 nitrogen and oxygen atoms in total. The summed E-state index contributed by atoms with van der Waals surface area (Å²) in [5.74, 6) is 3.55. The highest BCUT2D eigenvalue weighted by molar-refractivity contribution is 5.75. The molecule has 0 bridgehead atoms. The fourth-order valence-corrected chi connectivity index (χ4v) is 7.25. The molecule has 3 aliphatic rings. The van der Waals surface area contributed by atoms with Crippen molar-refractivity contribution < 1.29 is 18.7 Å². The van der Waals surface area contributed by atoms with E-state index < -0.39 is 5.82 Å². The molecule has 0 aromatic heterocycles. The van der Waals surface area contributed by atoms with Crippen molar-refractivity contribution in [1.82, 2.24) is 0 Å². The van der Waals surface area contributed by atoms with Crippen molar-refractivity contribution in [2.24, 2.45) is 35.5 Å². The summed E-state index contributed by atoms with van der Waals surface area (Å²) in [6.07, 6.45) is 20.5. The van der Waals surface area contributed by atoms with E-state index in [0.29, 0.717) is 18.4 Å². The van der Waals surface area contributed by atoms with E-state index in [9.17, 15) is 9.18 Å². The summed E-state index contributed by atoms with van der Waals surface area (Å²) in [6.45, 7) is 4.51. The Hall–Kier alpha value is -1.84. The van der Waals surface area contributed by atoms with Crippen molar-refractivity contribution in [3.63, 3.8) is 0 Å². The fraction of sp³-hybridized carbons (Fsp3) is 0.710. The predicted octanol–water partition coefficient (Wildman–Crippen LogP) is 8.52. The minimum Gasteiger partial charge on any atom is -0.486 e. The van der Waals surface area contributed by atoms with Crippen LogP contribution in [0.25, 0.3) is 0 Å². The second-order valence-electron chi connectivity index (χ2n) is 11.4. The molecule has 4 atom stereocenters. The van der Waals surface area contributed by atoms with Gasteiger partial charge in [0.25, 0.3) is 0 Å². The molecule has 194 valence electrons. The van der Waals surface area contributed by atoms with Gasteiger partial charge < -0.3 is 9.47 Å². The van der Waals surface area contributed by atoms with Crippen LogP contribution in [0.15, 0.2) is 30.4 Å². The van der Waals surface area contributed by atoms with Gasteiger partial charge in [-0.1, -0.05) is 64.0 Å². The molecule has 35 heavy (non-hydrogen) atoms. The molecule has 0 saturated heterocycles. The van der Waals surface area contributed by atoms with Crippen LogP contribution in [-0.4, -0.2) is 12.6 Å². The molecule has 0 heterocycles. The highest BCUT2D eigenvalue weighted by atomic mass is 19.1. The van der Waals surface area contributed by atoms with Crippen LogP contribution < -0.4 is 9.47 Å². The van der Waals surface area contributed by atoms with Gasteiger partial charge in [0.1, 0.15) is 12.4 Å². The van der Waals surface area contributed by atoms with Gasteiger partial charge in [-0.25, -0.2) is 4.39 Å². The van der Waals surface area contributed by atoms with E-state index in [2.05, 4.69) is 6.92 Å². The van der Waals surface area contributed by atoms with Crippen molar-refractivity contribution in [1.29, 1.82) is 0 Å². The molecule has 0 radical (unpaired) electrons. The lowest BCUT2D eigenvalue weighted by molar-refractivity contribution is -0.144. The minimum absolute atomic E-state index is 0.0480. The maximum absolute atomic E-state index is 14.4. The van der Waals surface area contributed by atoms with E-state index in [4.69, 9.17) is 9.47 Å². The first-order chi connectivity index (χ1) is 17.1. The van der Waals surface area contributed by atoms with Gasteiger partial charge in [0.15, 0.2) is 11.6 Å². The van der Waals surface area contributed by atoms with Crippen LogP contribution in [0.2, 0.25) is 0 Å². The van der Waals surface area contributed by atoms with E-state index in [1.165, 1.54) is 70.3 Å². The van der Waals surface area contributed by atoms with E-state index in [-0.39, 0.29) is 23.4 Å². The number of benzene rings is 1. The first-order valence-electron chi connectivity index (χ1n) is 14.3. The highest BCUT2D eigenvalue weighted by Gasteiger charge is 2.43. The molecule has 3 fully saturated rings. The SMILES string of the molecule is C/C=C/COc1ccc(OC(=O)C2CCCC3CC(C4CCC(CCCC)CC4)CCC32)cc1F. The lowest BCUT2D eigenvalue weighted by atomic mass is 9.59. The smallest absolute Gasteiger partial charge is 0.314 e. The van der Waals surface area contributed by atoms with Crippen molar-refractivity contribution in [3.05, 3.63) is 36.2 Å². The largest absolute Gasteiger partial charge is 0.486 e. The number of ether oxygens (including phenoxy) is 2. The summed E-state index contributed by atoms with van der Waals surface area (Å²) in [5.41, 5.74) is 0. The Labute approximate surface area is 211 Å². The maximum atomic E-state index is 14.4. The molecule has 3 saturated carbocycles. The average molecular weight is 485 g/mol. The molecular formula is C31H45FO3. The van der Waals surface area contributed by atoms with E-state index in [0.717, 1.165) is 37.0 Å². The summed E-state index contributed by atoms with van der Waals surface area (Å²) < 4.78 is 25.5. The van der Waals surface area contributed by atoms with E-state index in [1.807, 2.05) is 19.1 Å². The van der Waals surface area contributed by atoms with Crippen LogP contribution in [0.4, 0.5) is 4.39 Å². The second kappa shape index (κ2) is 12.9. The number of esters is 1. The Balaban J connectivity index is 1.29. The van der Waals surface area contributed by atoms with Gasteiger partial charge in [-0.05, 0) is 87.2 Å². The predicted molar refractivity (Wildman–Crippen MR) is 139 cm³/mol. The molecule has 4 heteroatoms. The molecule has 0 amide bonds. The summed E-state index contributed by atoms with van der Waals surface area (Å²) in [4.78, 5) is 13.2. The van der Waals surface area contributed by atoms with Crippen LogP contribution in [0.3, 0.4) is 0 Å². The zero-order valence-corrected chi connectivity index (χ0v) is 21.9. The Bertz CT molecular complexity index is 842. The van der Waals surface area contributed by atoms with Gasteiger partial charge in [0.2, 0.25) is 0 Å². The number of carbonyl (C=O) groups is 1. The highest BCUT2D eigenvalue weighted by Crippen LogP contribution is 2.50. The Morgan fingerprint density at radius 3 is 2.57 bits per heavy atom. The molecule has 0 N–H and O–H groups in total. The number of rotatable bonds is 9. The Kier molecular flexibility index (Phi) is 9.68. The van der Waals surface area contributed by atoms with E-state index >= 15 is 0 Å². The van der Waals surface area contributed by atoms with Gasteiger partial charge in [0.05, 0.1) is 5.92 Å². The fourth-order valence-electron chi connectivity index (χ4n) is 7.25. The summed E-state index contributed by atoms with van der Waals surface area (Å²) in [5, 5.41) is 0. The zero-order chi connectivity index (χ0) is 24.6. The first-order valence-corrected chi connectivity index (χ1v) is 14.3. The number of hydrogen-bond acceptors (Lipinski definition) is 3. The van der Waals surface area contributed by atoms with Gasteiger partial charge in [-0.3, -0.25) is 4.79 Å². The van der Waals surface area contributed by atoms with Crippen LogP contribution >= 0.6 is 0 Å². The van der Waals surface area contributed by atoms with Crippen molar-refractivity contribution >= 4 is 5.97 Å². The van der Waals surface area contributed by atoms with Crippen LogP contribution in [0, 0.1) is 41.3 Å². The van der Waals surface area contributed by atoms with Crippen LogP contribution in [-0.2, 0) is 4.79 Å². The average Bonchev–Trinajstić information content (AvgIpc) is 2.88. The van der Waals surface area contributed by atoms with Crippen LogP contribution in [0.5, 0.6) is 11.5 Å². The topological polar surface area (TPSA) is 35.5 Å². The lowest BCUT2D eigenvalue weighted by Gasteiger charge is -2.46.